The van der Waals surface area contributed by atoms with Crippen LogP contribution in [0.3, 0.4) is 0 Å². The number of hydrogen-bond acceptors (Lipinski definition) is 2. The molecule has 3 aromatic carbocycles. The van der Waals surface area contributed by atoms with Crippen LogP contribution in [0.4, 0.5) is 0 Å². The van der Waals surface area contributed by atoms with Gasteiger partial charge in [0.15, 0.2) is 0 Å². The van der Waals surface area contributed by atoms with Gasteiger partial charge >= 0.3 is 255 Å². The van der Waals surface area contributed by atoms with Gasteiger partial charge < -0.3 is 14.9 Å². The van der Waals surface area contributed by atoms with E-state index in [1.807, 2.05) is 18.3 Å². The van der Waals surface area contributed by atoms with Crippen molar-refractivity contribution in [3.05, 3.63) is 143 Å². The number of allylic oxidation sites excluding steroid dienone is 5. The summed E-state index contributed by atoms with van der Waals surface area (Å²) in [5.74, 6) is 1.93. The van der Waals surface area contributed by atoms with Crippen LogP contribution in [0.15, 0.2) is 105 Å². The van der Waals surface area contributed by atoms with Crippen molar-refractivity contribution >= 4 is 88.9 Å². The quantitative estimate of drug-likeness (QED) is 0.0996. The summed E-state index contributed by atoms with van der Waals surface area (Å²) >= 11 is 1.04. The molecule has 1 nitrogen and oxygen atoms in total. The first-order chi connectivity index (χ1) is 19.5. The third kappa shape index (κ3) is 5.09. The summed E-state index contributed by atoms with van der Waals surface area (Å²) in [6.07, 6.45) is 4.89. The van der Waals surface area contributed by atoms with Crippen molar-refractivity contribution in [1.82, 2.24) is 0 Å². The summed E-state index contributed by atoms with van der Waals surface area (Å²) in [6, 6.07) is 28.8. The number of hydrogen-bond donors (Lipinski definition) is 0. The SMILES string of the molecule is CC1=CC2=C([C]1=[Zr]=[Si])S(=C1C(c3ccc(C)o3)=Cc3c1sc1cccc(C)c31)c1cccc(-c3ccccc3)c12.Cl.Cl.[CH3-].[CH3-]. The molecule has 2 radical (unpaired) electrons. The summed E-state index contributed by atoms with van der Waals surface area (Å²) in [5, 5.41) is 1.38. The fraction of sp³-hybridized carbons (Fsp3) is 0.0811. The fourth-order valence-corrected chi connectivity index (χ4v) is 15.4. The Bertz CT molecular complexity index is 2140. The fourth-order valence-electron chi connectivity index (χ4n) is 6.33. The van der Waals surface area contributed by atoms with E-state index in [4.69, 9.17) is 4.42 Å². The maximum atomic E-state index is 6.35. The van der Waals surface area contributed by atoms with E-state index < -0.39 is 21.4 Å². The minimum atomic E-state index is -0.906. The molecule has 0 N–H and O–H groups in total. The van der Waals surface area contributed by atoms with E-state index in [-0.39, 0.29) is 50.2 Å². The Morgan fingerprint density at radius 2 is 1.57 bits per heavy atom. The molecule has 7 heteroatoms. The van der Waals surface area contributed by atoms with Gasteiger partial charge in [0.2, 0.25) is 0 Å². The molecule has 0 fully saturated rings. The second-order valence-electron chi connectivity index (χ2n) is 10.5. The molecule has 222 valence electrons. The molecule has 0 saturated carbocycles. The predicted octanol–water partition coefficient (Wildman–Crippen LogP) is 10.9. The van der Waals surface area contributed by atoms with Gasteiger partial charge in [-0.3, -0.25) is 0 Å². The summed E-state index contributed by atoms with van der Waals surface area (Å²) in [6.45, 7) is 10.7. The van der Waals surface area contributed by atoms with Gasteiger partial charge in [-0.15, -0.1) is 24.8 Å². The number of thiophene rings is 1. The van der Waals surface area contributed by atoms with Crippen molar-refractivity contribution in [3.63, 3.8) is 0 Å². The monoisotopic (exact) mass is 744 g/mol. The van der Waals surface area contributed by atoms with Crippen LogP contribution in [0.1, 0.15) is 40.0 Å². The summed E-state index contributed by atoms with van der Waals surface area (Å²) in [4.78, 5) is 5.83. The maximum Gasteiger partial charge on any atom is -0.147 e. The van der Waals surface area contributed by atoms with Crippen molar-refractivity contribution in [3.8, 4) is 11.1 Å². The van der Waals surface area contributed by atoms with Crippen molar-refractivity contribution in [1.29, 1.82) is 0 Å². The number of rotatable bonds is 2. The van der Waals surface area contributed by atoms with Crippen LogP contribution in [0, 0.1) is 28.7 Å². The van der Waals surface area contributed by atoms with Gasteiger partial charge in [-0.25, -0.2) is 0 Å². The molecule has 3 heterocycles. The molecule has 2 aliphatic carbocycles. The van der Waals surface area contributed by atoms with Crippen molar-refractivity contribution in [2.24, 2.45) is 0 Å². The second-order valence-corrected chi connectivity index (χ2v) is 16.8. The third-order valence-corrected chi connectivity index (χ3v) is 16.0. The van der Waals surface area contributed by atoms with E-state index in [9.17, 15) is 0 Å². The molecule has 3 aliphatic rings. The largest absolute Gasteiger partial charge is 0.358 e. The molecule has 8 rings (SSSR count). The van der Waals surface area contributed by atoms with E-state index in [2.05, 4.69) is 112 Å². The first-order valence-corrected chi connectivity index (χ1v) is 20.9. The minimum absolute atomic E-state index is 0. The number of aryl methyl sites for hydroxylation is 2. The van der Waals surface area contributed by atoms with Crippen molar-refractivity contribution < 1.29 is 25.8 Å². The molecule has 0 bridgehead atoms. The number of benzene rings is 3. The van der Waals surface area contributed by atoms with Crippen LogP contribution in [-0.4, -0.2) is 14.9 Å². The number of halogens is 2. The standard InChI is InChI=1S/C35H24OS2.2CH3.2ClH.Si.Zr/c1-20-17-26-31(18-20)38(30-14-8-12-24(33(26)30)23-10-5-4-6-11-23)35-25(28-16-15-22(3)36-28)19-27-32-21(2)9-7-13-29(32)37-34(27)35;;;;;;/h4-17,19H,1-3H3;2*1H3;2*1H;;/q;2*-1;;;;. The molecule has 0 spiro atoms. The molecule has 1 unspecified atom stereocenters. The minimum Gasteiger partial charge on any atom is -0.358 e. The van der Waals surface area contributed by atoms with Crippen LogP contribution in [-0.2, 0) is 21.4 Å². The Morgan fingerprint density at radius 3 is 2.27 bits per heavy atom. The van der Waals surface area contributed by atoms with Crippen molar-refractivity contribution in [2.45, 2.75) is 25.7 Å². The maximum absolute atomic E-state index is 6.35. The molecule has 0 amide bonds. The van der Waals surface area contributed by atoms with Crippen LogP contribution < -0.4 is 0 Å². The molecule has 5 aromatic rings. The molecule has 0 saturated heterocycles. The average Bonchev–Trinajstić information content (AvgIpc) is 3.75. The first-order valence-electron chi connectivity index (χ1n) is 13.4. The average molecular weight is 747 g/mol. The molecule has 1 atom stereocenters. The van der Waals surface area contributed by atoms with Crippen LogP contribution in [0.25, 0.3) is 38.4 Å². The van der Waals surface area contributed by atoms with Crippen LogP contribution >= 0.6 is 46.6 Å². The van der Waals surface area contributed by atoms with E-state index in [1.54, 1.807) is 8.11 Å². The van der Waals surface area contributed by atoms with E-state index in [0.717, 1.165) is 11.5 Å². The van der Waals surface area contributed by atoms with E-state index >= 15 is 0 Å². The van der Waals surface area contributed by atoms with Crippen LogP contribution in [0.5, 0.6) is 0 Å². The summed E-state index contributed by atoms with van der Waals surface area (Å²) in [5.41, 5.74) is 10.8. The summed E-state index contributed by atoms with van der Waals surface area (Å²) < 4.78 is 9.30. The number of furan rings is 1. The van der Waals surface area contributed by atoms with Gasteiger partial charge in [-0.05, 0) is 0 Å². The second kappa shape index (κ2) is 13.3. The Kier molecular flexibility index (Phi) is 10.5. The zero-order chi connectivity index (χ0) is 27.1. The van der Waals surface area contributed by atoms with Gasteiger partial charge in [-0.1, -0.05) is 0 Å². The predicted molar refractivity (Wildman–Crippen MR) is 198 cm³/mol. The molecule has 2 aromatic heterocycles. The first kappa shape index (κ1) is 34.8. The van der Waals surface area contributed by atoms with E-state index in [1.165, 1.54) is 69.3 Å². The molecular formula is C37H32Cl2OS2SiZr-2. The zero-order valence-corrected chi connectivity index (χ0v) is 31.9. The Balaban J connectivity index is 0.00000110. The zero-order valence-electron chi connectivity index (χ0n) is 25.2. The smallest absolute Gasteiger partial charge is 0.147 e. The molecule has 1 aliphatic heterocycles. The summed E-state index contributed by atoms with van der Waals surface area (Å²) in [7, 11) is -0.233. The normalized spacial score (nSPS) is 16.5. The Morgan fingerprint density at radius 1 is 0.818 bits per heavy atom. The van der Waals surface area contributed by atoms with Crippen LogP contribution in [0.2, 0.25) is 0 Å². The molecule has 44 heavy (non-hydrogen) atoms. The van der Waals surface area contributed by atoms with Gasteiger partial charge in [0.25, 0.3) is 0 Å². The van der Waals surface area contributed by atoms with Gasteiger partial charge in [0.1, 0.15) is 0 Å². The van der Waals surface area contributed by atoms with Gasteiger partial charge in [0.05, 0.1) is 0 Å². The van der Waals surface area contributed by atoms with E-state index in [0.29, 0.717) is 0 Å². The van der Waals surface area contributed by atoms with Crippen molar-refractivity contribution in [2.75, 3.05) is 0 Å². The Labute approximate surface area is 292 Å². The topological polar surface area (TPSA) is 13.1 Å². The van der Waals surface area contributed by atoms with Gasteiger partial charge in [0, 0.05) is 0 Å². The molecular weight excluding hydrogens is 715 g/mol. The Hall–Kier alpha value is -2.11. The van der Waals surface area contributed by atoms with Gasteiger partial charge in [-0.2, -0.15) is 0 Å². The third-order valence-electron chi connectivity index (χ3n) is 8.07. The number of fused-ring (bicyclic) bond motifs is 5.